The van der Waals surface area contributed by atoms with Gasteiger partial charge >= 0.3 is 5.97 Å². The van der Waals surface area contributed by atoms with Gasteiger partial charge in [-0.3, -0.25) is 72.3 Å². The van der Waals surface area contributed by atoms with Crippen molar-refractivity contribution in [3.05, 3.63) is 59.7 Å². The molecule has 1 heterocycles. The number of aliphatic hydroxyl groups is 3. The zero-order valence-corrected chi connectivity index (χ0v) is 52.8. The number of thioether (sulfide) groups is 1. The average Bonchev–Trinajstić information content (AvgIpc) is 1.44. The normalized spacial score (nSPS) is 20.5. The van der Waals surface area contributed by atoms with Crippen LogP contribution in [0.25, 0.3) is 0 Å². The highest BCUT2D eigenvalue weighted by molar-refractivity contribution is 8.00. The van der Waals surface area contributed by atoms with Crippen LogP contribution < -0.4 is 60.6 Å². The van der Waals surface area contributed by atoms with E-state index in [0.29, 0.717) is 11.1 Å². The Morgan fingerprint density at radius 1 is 0.624 bits per heavy atom. The molecule has 1 fully saturated rings. The molecule has 7 amide bonds. The number of carboxylic acid groups (broad SMARTS) is 1. The van der Waals surface area contributed by atoms with Gasteiger partial charge in [-0.1, -0.05) is 24.3 Å². The van der Waals surface area contributed by atoms with E-state index in [2.05, 4.69) is 41.9 Å². The molecular weight excluding hydrogens is 1240 g/mol. The smallest absolute Gasteiger partial charge is 0.322 e. The summed E-state index contributed by atoms with van der Waals surface area (Å²) in [5, 5.41) is 76.6. The highest BCUT2D eigenvalue weighted by Crippen LogP contribution is 2.24. The van der Waals surface area contributed by atoms with Gasteiger partial charge in [0, 0.05) is 69.7 Å². The van der Waals surface area contributed by atoms with Gasteiger partial charge in [-0.2, -0.15) is 0 Å². The zero-order valence-electron chi connectivity index (χ0n) is 52.0. The minimum absolute atomic E-state index is 0.00511. The zero-order chi connectivity index (χ0) is 69.6. The molecule has 2 aromatic rings. The number of nitrogens with zero attached hydrogens (tertiary/aromatic N) is 2. The van der Waals surface area contributed by atoms with Crippen LogP contribution in [-0.2, 0) is 75.2 Å². The van der Waals surface area contributed by atoms with Crippen LogP contribution in [0.5, 0.6) is 11.5 Å². The van der Waals surface area contributed by atoms with Crippen LogP contribution in [0, 0.1) is 23.7 Å². The van der Waals surface area contributed by atoms with E-state index in [1.54, 1.807) is 0 Å². The summed E-state index contributed by atoms with van der Waals surface area (Å²) in [5.41, 5.74) is 28.1. The van der Waals surface area contributed by atoms with Crippen LogP contribution in [0.3, 0.4) is 0 Å². The molecule has 33 heteroatoms. The molecule has 1 aliphatic heterocycles. The maximum absolute atomic E-state index is 15.2. The van der Waals surface area contributed by atoms with Gasteiger partial charge in [-0.25, -0.2) is 0 Å². The van der Waals surface area contributed by atoms with Gasteiger partial charge in [0.05, 0.1) is 66.0 Å². The lowest BCUT2D eigenvalue weighted by Crippen LogP contribution is -2.53. The number of Topliss-reactive ketones (excluding diaryl/α,β-unsaturated/α-hetero) is 5. The lowest BCUT2D eigenvalue weighted by Gasteiger charge is -2.28. The quantitative estimate of drug-likeness (QED) is 0.0189. The predicted octanol–water partition coefficient (Wildman–Crippen LogP) is -3.97. The summed E-state index contributed by atoms with van der Waals surface area (Å²) in [6, 6.07) is 2.89. The number of amides is 7. The van der Waals surface area contributed by atoms with Crippen molar-refractivity contribution in [2.45, 2.75) is 153 Å². The van der Waals surface area contributed by atoms with Crippen molar-refractivity contribution in [3.63, 3.8) is 0 Å². The van der Waals surface area contributed by atoms with Crippen molar-refractivity contribution in [1.29, 1.82) is 0 Å². The number of carbonyl (C=O) groups excluding carboxylic acids is 12. The van der Waals surface area contributed by atoms with Crippen LogP contribution in [0.2, 0.25) is 0 Å². The summed E-state index contributed by atoms with van der Waals surface area (Å²) in [7, 11) is 0. The number of nitrogens with one attached hydrogen (secondary N) is 6. The van der Waals surface area contributed by atoms with E-state index in [1.807, 2.05) is 0 Å². The molecule has 1 saturated heterocycles. The Bertz CT molecular complexity index is 3010. The first-order valence-electron chi connectivity index (χ1n) is 29.9. The molecule has 0 saturated carbocycles. The molecule has 1 aliphatic rings. The van der Waals surface area contributed by atoms with Gasteiger partial charge in [-0.15, -0.1) is 11.8 Å². The second-order valence-corrected chi connectivity index (χ2v) is 23.8. The van der Waals surface area contributed by atoms with E-state index in [1.165, 1.54) is 48.5 Å². The van der Waals surface area contributed by atoms with Crippen LogP contribution in [0.15, 0.2) is 58.5 Å². The molecule has 12 atom stereocenters. The second kappa shape index (κ2) is 39.3. The summed E-state index contributed by atoms with van der Waals surface area (Å²) in [6.07, 6.45) is -11.1. The molecule has 0 bridgehead atoms. The third-order valence-electron chi connectivity index (χ3n) is 15.0. The minimum Gasteiger partial charge on any atom is -0.508 e. The molecule has 0 spiro atoms. The van der Waals surface area contributed by atoms with Gasteiger partial charge < -0.3 is 91.2 Å². The van der Waals surface area contributed by atoms with Crippen LogP contribution in [0.4, 0.5) is 0 Å². The fourth-order valence-electron chi connectivity index (χ4n) is 9.85. The monoisotopic (exact) mass is 1330 g/mol. The van der Waals surface area contributed by atoms with Crippen molar-refractivity contribution >= 4 is 99.9 Å². The molecule has 3 rings (SSSR count). The number of hydrogen-bond donors (Lipinski definition) is 17. The fourth-order valence-corrected chi connectivity index (χ4v) is 10.7. The standard InChI is InChI=1S/C60H87N13O19S/c1-30(74)39-25-48(82)44(28-93-29-50(61)84)69-52(86)24-36(23-46(80)42(7-5-19-67-60(64)65)71-57(91)40(31(2)75)26-49(83)54(32(3)76)73-58(39)92)56(90)72-43(21-34-10-14-38(78)15-11-34)47(81)22-35(20-33-8-12-37(77)13-9-33)55(89)70-41(6-4-18-66-59(62)63)45(79)16-17-51(85)68-27-53(87)88/h8-15,30-32,35-36,39-44,54,74-78H,4-7,16-29H2,1-3H3,(H2,61,84)(H,68,85)(H,69,86)(H,70,89)(H,71,91)(H,72,90)(H,73,92)(H,87,88)(H4,62,63,66)(H4,64,65,67)/t30-,31-,32-,35-,36+,39+,40+,41+,42+,43+,44+,54+/m1/s1. The highest BCUT2D eigenvalue weighted by atomic mass is 32.2. The molecule has 93 heavy (non-hydrogen) atoms. The fraction of sp³-hybridized carbons (Fsp3) is 0.550. The van der Waals surface area contributed by atoms with E-state index in [9.17, 15) is 78.3 Å². The predicted molar refractivity (Wildman–Crippen MR) is 337 cm³/mol. The number of carboxylic acids is 1. The number of nitrogens with two attached hydrogens (primary N) is 5. The van der Waals surface area contributed by atoms with Gasteiger partial charge in [0.15, 0.2) is 40.8 Å². The van der Waals surface area contributed by atoms with Gasteiger partial charge in [0.2, 0.25) is 41.4 Å². The number of benzene rings is 2. The lowest BCUT2D eigenvalue weighted by molar-refractivity contribution is -0.139. The molecule has 2 aromatic carbocycles. The Labute approximate surface area is 540 Å². The number of primary amides is 1. The van der Waals surface area contributed by atoms with E-state index >= 15 is 9.59 Å². The maximum Gasteiger partial charge on any atom is 0.322 e. The van der Waals surface area contributed by atoms with E-state index < -0.39 is 206 Å². The number of rotatable bonds is 32. The number of phenolic OH excluding ortho intramolecular Hbond substituents is 2. The lowest BCUT2D eigenvalue weighted by atomic mass is 9.88. The van der Waals surface area contributed by atoms with Crippen molar-refractivity contribution in [1.82, 2.24) is 31.9 Å². The number of carbonyl (C=O) groups is 13. The first-order chi connectivity index (χ1) is 43.7. The Morgan fingerprint density at radius 2 is 1.16 bits per heavy atom. The van der Waals surface area contributed by atoms with E-state index in [4.69, 9.17) is 33.8 Å². The van der Waals surface area contributed by atoms with Crippen LogP contribution >= 0.6 is 11.8 Å². The summed E-state index contributed by atoms with van der Waals surface area (Å²) in [5.74, 6) is -21.0. The Kier molecular flexibility index (Phi) is 33.1. The largest absolute Gasteiger partial charge is 0.508 e. The van der Waals surface area contributed by atoms with E-state index in [0.717, 1.165) is 32.5 Å². The summed E-state index contributed by atoms with van der Waals surface area (Å²) < 4.78 is 0. The van der Waals surface area contributed by atoms with Crippen molar-refractivity contribution < 1.29 is 93.0 Å². The Balaban J connectivity index is 2.27. The van der Waals surface area contributed by atoms with Crippen LogP contribution in [0.1, 0.15) is 103 Å². The number of hydrogen-bond acceptors (Lipinski definition) is 21. The number of guanidine groups is 2. The molecule has 0 aliphatic carbocycles. The molecule has 0 radical (unpaired) electrons. The molecule has 22 N–H and O–H groups in total. The SMILES string of the molecule is C[C@@H](O)[C@@H]1CC(=O)[C@H]([C@@H](C)O)NC(=O)[C@H]([C@@H](C)O)CC(=O)[C@H](CSCC(N)=O)NC(=O)C[C@@H](C(=O)N[C@@H](Cc2ccc(O)cc2)C(=O)C[C@@H](Cc2ccc(O)cc2)C(=O)N[C@@H](CCCN=C(N)N)C(=O)CCC(=O)NCC(=O)O)CC(=O)[C@H](CCCN=C(N)N)NC1=O. The molecule has 32 nitrogen and oxygen atoms in total. The van der Waals surface area contributed by atoms with Crippen molar-refractivity contribution in [3.8, 4) is 11.5 Å². The van der Waals surface area contributed by atoms with Gasteiger partial charge in [0.25, 0.3) is 0 Å². The van der Waals surface area contributed by atoms with Crippen LogP contribution in [-0.4, -0.2) is 198 Å². The summed E-state index contributed by atoms with van der Waals surface area (Å²) in [4.78, 5) is 188. The molecule has 512 valence electrons. The molecule has 0 unspecified atom stereocenters. The average molecular weight is 1330 g/mol. The summed E-state index contributed by atoms with van der Waals surface area (Å²) >= 11 is 0.781. The first kappa shape index (κ1) is 78.2. The number of aliphatic carboxylic acids is 1. The van der Waals surface area contributed by atoms with Crippen molar-refractivity contribution in [2.24, 2.45) is 62.3 Å². The number of aromatic hydroxyl groups is 2. The van der Waals surface area contributed by atoms with Gasteiger partial charge in [0.1, 0.15) is 24.1 Å². The number of ketones is 5. The number of phenols is 2. The summed E-state index contributed by atoms with van der Waals surface area (Å²) in [6.45, 7) is 2.58. The number of aliphatic imine (C=N–C) groups is 2. The van der Waals surface area contributed by atoms with Crippen molar-refractivity contribution in [2.75, 3.05) is 31.1 Å². The minimum atomic E-state index is -1.83. The van der Waals surface area contributed by atoms with E-state index in [-0.39, 0.29) is 80.8 Å². The molecule has 0 aromatic heterocycles. The third-order valence-corrected chi connectivity index (χ3v) is 16.0. The Morgan fingerprint density at radius 3 is 1.70 bits per heavy atom. The topological polar surface area (TPSA) is 570 Å². The number of aliphatic hydroxyl groups excluding tert-OH is 3. The third kappa shape index (κ3) is 29.0. The highest BCUT2D eigenvalue weighted by Gasteiger charge is 2.40. The Hall–Kier alpha value is -9.08. The maximum atomic E-state index is 15.2. The van der Waals surface area contributed by atoms with Gasteiger partial charge in [-0.05, 0) is 94.7 Å². The first-order valence-corrected chi connectivity index (χ1v) is 31.1. The second-order valence-electron chi connectivity index (χ2n) is 22.8. The molecular formula is C60H87N13O19S.